The van der Waals surface area contributed by atoms with Crippen LogP contribution < -0.4 is 0 Å². The fourth-order valence-electron chi connectivity index (χ4n) is 3.94. The number of β-amino-alcohol motifs (C(OH)–C–C–N with tert-alkyl or cyclic N) is 1. The molecule has 1 fully saturated rings. The van der Waals surface area contributed by atoms with Gasteiger partial charge >= 0.3 is 5.97 Å². The Labute approximate surface area is 165 Å². The van der Waals surface area contributed by atoms with Gasteiger partial charge < -0.3 is 14.7 Å². The zero-order chi connectivity index (χ0) is 20.1. The van der Waals surface area contributed by atoms with Crippen molar-refractivity contribution in [3.05, 3.63) is 0 Å². The van der Waals surface area contributed by atoms with E-state index in [1.165, 1.54) is 69.8 Å². The number of esters is 1. The zero-order valence-electron chi connectivity index (χ0n) is 17.8. The third-order valence-corrected chi connectivity index (χ3v) is 5.70. The molecule has 0 spiro atoms. The van der Waals surface area contributed by atoms with E-state index in [2.05, 4.69) is 6.92 Å². The molecule has 0 saturated carbocycles. The van der Waals surface area contributed by atoms with Crippen molar-refractivity contribution in [3.63, 3.8) is 0 Å². The average molecular weight is 384 g/mol. The predicted molar refractivity (Wildman–Crippen MR) is 108 cm³/mol. The van der Waals surface area contributed by atoms with Crippen LogP contribution in [0.1, 0.15) is 97.3 Å². The van der Waals surface area contributed by atoms with Crippen LogP contribution in [0.25, 0.3) is 0 Å². The van der Waals surface area contributed by atoms with E-state index in [-0.39, 0.29) is 24.8 Å². The first kappa shape index (κ1) is 23.9. The Hall–Kier alpha value is -1.10. The number of amides is 1. The van der Waals surface area contributed by atoms with Crippen LogP contribution in [-0.2, 0) is 14.3 Å². The molecule has 1 heterocycles. The number of likely N-dealkylation sites (tertiary alicyclic amines) is 1. The molecule has 5 nitrogen and oxygen atoms in total. The minimum absolute atomic E-state index is 0.0333. The molecule has 1 amide bonds. The molecule has 0 aliphatic carbocycles. The number of unbranched alkanes of at least 4 members (excludes halogenated alkanes) is 10. The molecule has 0 aromatic carbocycles. The van der Waals surface area contributed by atoms with Gasteiger partial charge in [-0.15, -0.1) is 0 Å². The van der Waals surface area contributed by atoms with Crippen molar-refractivity contribution in [2.24, 2.45) is 5.92 Å². The maximum Gasteiger partial charge on any atom is 0.328 e. The summed E-state index contributed by atoms with van der Waals surface area (Å²) in [6.45, 7) is 4.42. The summed E-state index contributed by atoms with van der Waals surface area (Å²) >= 11 is 0. The Morgan fingerprint density at radius 1 is 1.00 bits per heavy atom. The van der Waals surface area contributed by atoms with Crippen LogP contribution in [0.4, 0.5) is 0 Å². The minimum Gasteiger partial charge on any atom is -0.467 e. The lowest BCUT2D eigenvalue weighted by Gasteiger charge is -2.25. The average Bonchev–Trinajstić information content (AvgIpc) is 3.06. The normalized spacial score (nSPS) is 20.7. The molecule has 0 bridgehead atoms. The number of aliphatic hydroxyl groups is 1. The van der Waals surface area contributed by atoms with E-state index in [0.29, 0.717) is 0 Å². The number of aliphatic hydroxyl groups excluding tert-OH is 1. The lowest BCUT2D eigenvalue weighted by molar-refractivity contribution is -0.152. The number of carbonyl (C=O) groups excluding carboxylic acids is 2. The van der Waals surface area contributed by atoms with Crippen molar-refractivity contribution < 1.29 is 19.4 Å². The molecule has 158 valence electrons. The highest BCUT2D eigenvalue weighted by Crippen LogP contribution is 2.23. The van der Waals surface area contributed by atoms with E-state index in [4.69, 9.17) is 4.74 Å². The summed E-state index contributed by atoms with van der Waals surface area (Å²) in [6, 6.07) is -0.628. The third-order valence-electron chi connectivity index (χ3n) is 5.70. The smallest absolute Gasteiger partial charge is 0.328 e. The van der Waals surface area contributed by atoms with Gasteiger partial charge in [-0.05, 0) is 6.42 Å². The summed E-state index contributed by atoms with van der Waals surface area (Å²) in [7, 11) is 1.32. The highest BCUT2D eigenvalue weighted by atomic mass is 16.5. The number of methoxy groups -OCH3 is 1. The first-order valence-corrected chi connectivity index (χ1v) is 11.1. The van der Waals surface area contributed by atoms with Crippen LogP contribution in [0.5, 0.6) is 0 Å². The van der Waals surface area contributed by atoms with Crippen LogP contribution >= 0.6 is 0 Å². The van der Waals surface area contributed by atoms with Gasteiger partial charge in [0, 0.05) is 18.9 Å². The van der Waals surface area contributed by atoms with Gasteiger partial charge in [0.2, 0.25) is 5.91 Å². The van der Waals surface area contributed by atoms with Gasteiger partial charge in [-0.3, -0.25) is 4.79 Å². The third kappa shape index (κ3) is 9.09. The highest BCUT2D eigenvalue weighted by molar-refractivity contribution is 5.86. The molecule has 1 unspecified atom stereocenters. The van der Waals surface area contributed by atoms with Gasteiger partial charge in [-0.1, -0.05) is 84.5 Å². The quantitative estimate of drug-likeness (QED) is 0.355. The second-order valence-electron chi connectivity index (χ2n) is 8.14. The lowest BCUT2D eigenvalue weighted by atomic mass is 9.99. The van der Waals surface area contributed by atoms with Crippen molar-refractivity contribution in [1.82, 2.24) is 4.90 Å². The Kier molecular flexibility index (Phi) is 12.4. The van der Waals surface area contributed by atoms with Crippen LogP contribution in [0.3, 0.4) is 0 Å². The number of hydrogen-bond donors (Lipinski definition) is 1. The molecule has 1 saturated heterocycles. The van der Waals surface area contributed by atoms with E-state index >= 15 is 0 Å². The second-order valence-corrected chi connectivity index (χ2v) is 8.14. The van der Waals surface area contributed by atoms with Crippen LogP contribution in [0, 0.1) is 5.92 Å². The Balaban J connectivity index is 2.13. The first-order valence-electron chi connectivity index (χ1n) is 11.1. The van der Waals surface area contributed by atoms with Crippen LogP contribution in [-0.4, -0.2) is 47.7 Å². The molecule has 1 N–H and O–H groups in total. The van der Waals surface area contributed by atoms with Crippen LogP contribution in [0.15, 0.2) is 0 Å². The largest absolute Gasteiger partial charge is 0.467 e. The molecule has 0 radical (unpaired) electrons. The molecule has 3 atom stereocenters. The number of ether oxygens (including phenoxy) is 1. The summed E-state index contributed by atoms with van der Waals surface area (Å²) in [6.07, 6.45) is 14.7. The molecule has 1 aliphatic rings. The Morgan fingerprint density at radius 2 is 1.52 bits per heavy atom. The van der Waals surface area contributed by atoms with Gasteiger partial charge in [-0.25, -0.2) is 4.79 Å². The molecule has 27 heavy (non-hydrogen) atoms. The van der Waals surface area contributed by atoms with Crippen molar-refractivity contribution in [1.29, 1.82) is 0 Å². The maximum atomic E-state index is 12.6. The molecular weight excluding hydrogens is 342 g/mol. The first-order chi connectivity index (χ1) is 13.0. The van der Waals surface area contributed by atoms with Gasteiger partial charge in [0.15, 0.2) is 0 Å². The molecular formula is C22H41NO4. The summed E-state index contributed by atoms with van der Waals surface area (Å²) in [4.78, 5) is 26.0. The molecule has 1 aliphatic heterocycles. The van der Waals surface area contributed by atoms with Crippen molar-refractivity contribution in [3.8, 4) is 0 Å². The van der Waals surface area contributed by atoms with E-state index in [0.717, 1.165) is 19.3 Å². The molecule has 0 aromatic rings. The summed E-state index contributed by atoms with van der Waals surface area (Å²) in [5.74, 6) is -0.572. The minimum atomic E-state index is -0.632. The van der Waals surface area contributed by atoms with Gasteiger partial charge in [0.05, 0.1) is 13.2 Å². The SMILES string of the molecule is CCCCCCCCCCCCCC(C)C(=O)N1C[C@@H](O)C[C@H]1C(=O)OC. The van der Waals surface area contributed by atoms with E-state index in [9.17, 15) is 14.7 Å². The van der Waals surface area contributed by atoms with E-state index < -0.39 is 18.1 Å². The van der Waals surface area contributed by atoms with Gasteiger partial charge in [0.25, 0.3) is 0 Å². The monoisotopic (exact) mass is 383 g/mol. The van der Waals surface area contributed by atoms with Crippen molar-refractivity contribution in [2.45, 2.75) is 109 Å². The van der Waals surface area contributed by atoms with Crippen molar-refractivity contribution >= 4 is 11.9 Å². The zero-order valence-corrected chi connectivity index (χ0v) is 17.8. The standard InChI is InChI=1S/C22H41NO4/c1-4-5-6-7-8-9-10-11-12-13-14-15-18(2)21(25)23-17-19(24)16-20(23)22(26)27-3/h18-20,24H,4-17H2,1-3H3/t18?,19-,20-/m0/s1. The fraction of sp³-hybridized carbons (Fsp3) is 0.909. The molecule has 1 rings (SSSR count). The molecule has 0 aromatic heterocycles. The van der Waals surface area contributed by atoms with Crippen LogP contribution in [0.2, 0.25) is 0 Å². The Bertz CT molecular complexity index is 427. The Morgan fingerprint density at radius 3 is 2.04 bits per heavy atom. The predicted octanol–water partition coefficient (Wildman–Crippen LogP) is 4.46. The lowest BCUT2D eigenvalue weighted by Crippen LogP contribution is -2.43. The summed E-state index contributed by atoms with van der Waals surface area (Å²) in [5, 5.41) is 9.82. The number of nitrogens with zero attached hydrogens (tertiary/aromatic N) is 1. The maximum absolute atomic E-state index is 12.6. The topological polar surface area (TPSA) is 66.8 Å². The van der Waals surface area contributed by atoms with Crippen molar-refractivity contribution in [2.75, 3.05) is 13.7 Å². The van der Waals surface area contributed by atoms with Gasteiger partial charge in [0.1, 0.15) is 6.04 Å². The summed E-state index contributed by atoms with van der Waals surface area (Å²) in [5.41, 5.74) is 0. The fourth-order valence-corrected chi connectivity index (χ4v) is 3.94. The number of hydrogen-bond acceptors (Lipinski definition) is 4. The number of rotatable bonds is 14. The summed E-state index contributed by atoms with van der Waals surface area (Å²) < 4.78 is 4.77. The van der Waals surface area contributed by atoms with Gasteiger partial charge in [-0.2, -0.15) is 0 Å². The second kappa shape index (κ2) is 14.0. The van der Waals surface area contributed by atoms with E-state index in [1.807, 2.05) is 6.92 Å². The number of carbonyl (C=O) groups is 2. The van der Waals surface area contributed by atoms with E-state index in [1.54, 1.807) is 0 Å². The molecule has 5 heteroatoms. The highest BCUT2D eigenvalue weighted by Gasteiger charge is 2.40.